The summed E-state index contributed by atoms with van der Waals surface area (Å²) in [5, 5.41) is 2.84. The number of benzene rings is 1. The third kappa shape index (κ3) is 4.84. The summed E-state index contributed by atoms with van der Waals surface area (Å²) >= 11 is 0. The number of aromatic nitrogens is 1. The number of carbonyl (C=O) groups is 2. The Hall–Kier alpha value is -2.89. The van der Waals surface area contributed by atoms with Crippen molar-refractivity contribution in [2.24, 2.45) is 0 Å². The van der Waals surface area contributed by atoms with Gasteiger partial charge in [0.2, 0.25) is 0 Å². The first-order valence-corrected chi connectivity index (χ1v) is 9.30. The van der Waals surface area contributed by atoms with Crippen LogP contribution in [0.5, 0.6) is 0 Å². The van der Waals surface area contributed by atoms with Gasteiger partial charge in [-0.05, 0) is 69.0 Å². The van der Waals surface area contributed by atoms with Gasteiger partial charge in [-0.1, -0.05) is 6.07 Å². The zero-order valence-electron chi connectivity index (χ0n) is 15.7. The number of nitrogens with zero attached hydrogens (tertiary/aromatic N) is 2. The molecule has 1 aliphatic rings. The maximum Gasteiger partial charge on any atom is 0.338 e. The first-order valence-electron chi connectivity index (χ1n) is 9.30. The van der Waals surface area contributed by atoms with Crippen LogP contribution in [0.1, 0.15) is 54.7 Å². The predicted molar refractivity (Wildman–Crippen MR) is 104 cm³/mol. The minimum absolute atomic E-state index is 0.0404. The van der Waals surface area contributed by atoms with Crippen LogP contribution < -0.4 is 5.32 Å². The summed E-state index contributed by atoms with van der Waals surface area (Å²) in [7, 11) is 1.72. The summed E-state index contributed by atoms with van der Waals surface area (Å²) in [5.41, 5.74) is 1.94. The molecule has 142 valence electrons. The van der Waals surface area contributed by atoms with Crippen LogP contribution in [0.15, 0.2) is 48.7 Å². The van der Waals surface area contributed by atoms with Crippen molar-refractivity contribution >= 4 is 17.7 Å². The molecular formula is C21H25N3O3. The van der Waals surface area contributed by atoms with Gasteiger partial charge >= 0.3 is 12.0 Å². The van der Waals surface area contributed by atoms with Crippen molar-refractivity contribution in [3.63, 3.8) is 0 Å². The van der Waals surface area contributed by atoms with E-state index in [4.69, 9.17) is 4.74 Å². The van der Waals surface area contributed by atoms with Gasteiger partial charge in [0.25, 0.3) is 0 Å². The fourth-order valence-electron chi connectivity index (χ4n) is 3.12. The number of hydrogen-bond donors (Lipinski definition) is 1. The molecule has 1 aromatic carbocycles. The molecule has 6 nitrogen and oxygen atoms in total. The van der Waals surface area contributed by atoms with Crippen LogP contribution in [0.3, 0.4) is 0 Å². The van der Waals surface area contributed by atoms with E-state index in [2.05, 4.69) is 10.3 Å². The van der Waals surface area contributed by atoms with Gasteiger partial charge < -0.3 is 15.0 Å². The van der Waals surface area contributed by atoms with Crippen molar-refractivity contribution in [2.45, 2.75) is 44.8 Å². The Kier molecular flexibility index (Phi) is 6.06. The summed E-state index contributed by atoms with van der Waals surface area (Å²) in [4.78, 5) is 30.5. The van der Waals surface area contributed by atoms with Crippen molar-refractivity contribution in [1.29, 1.82) is 0 Å². The van der Waals surface area contributed by atoms with E-state index in [-0.39, 0.29) is 24.1 Å². The van der Waals surface area contributed by atoms with E-state index in [1.165, 1.54) is 0 Å². The molecular weight excluding hydrogens is 342 g/mol. The van der Waals surface area contributed by atoms with E-state index in [0.29, 0.717) is 11.3 Å². The van der Waals surface area contributed by atoms with E-state index in [1.807, 2.05) is 25.1 Å². The van der Waals surface area contributed by atoms with Crippen LogP contribution >= 0.6 is 0 Å². The topological polar surface area (TPSA) is 71.5 Å². The maximum atomic E-state index is 12.5. The van der Waals surface area contributed by atoms with Gasteiger partial charge in [-0.25, -0.2) is 9.59 Å². The monoisotopic (exact) mass is 367 g/mol. The van der Waals surface area contributed by atoms with Gasteiger partial charge in [-0.15, -0.1) is 0 Å². The number of nitrogens with one attached hydrogen (secondary N) is 1. The van der Waals surface area contributed by atoms with Crippen LogP contribution in [0.2, 0.25) is 0 Å². The Morgan fingerprint density at radius 1 is 1.15 bits per heavy atom. The lowest BCUT2D eigenvalue weighted by Gasteiger charge is -2.24. The van der Waals surface area contributed by atoms with Crippen LogP contribution in [-0.2, 0) is 4.74 Å². The Labute approximate surface area is 159 Å². The summed E-state index contributed by atoms with van der Waals surface area (Å²) in [6, 6.07) is 12.0. The van der Waals surface area contributed by atoms with Crippen molar-refractivity contribution in [1.82, 2.24) is 9.88 Å². The molecule has 1 aliphatic carbocycles. The third-order valence-electron chi connectivity index (χ3n) is 4.96. The van der Waals surface area contributed by atoms with Crippen LogP contribution in [-0.4, -0.2) is 35.0 Å². The van der Waals surface area contributed by atoms with Gasteiger partial charge in [-0.2, -0.15) is 0 Å². The van der Waals surface area contributed by atoms with E-state index < -0.39 is 0 Å². The second-order valence-electron chi connectivity index (χ2n) is 6.86. The van der Waals surface area contributed by atoms with Crippen molar-refractivity contribution in [3.05, 3.63) is 59.9 Å². The highest BCUT2D eigenvalue weighted by Gasteiger charge is 2.21. The van der Waals surface area contributed by atoms with Crippen molar-refractivity contribution < 1.29 is 14.3 Å². The molecule has 1 heterocycles. The minimum atomic E-state index is -0.305. The molecule has 0 bridgehead atoms. The normalized spacial score (nSPS) is 15.2. The van der Waals surface area contributed by atoms with Gasteiger partial charge in [0.1, 0.15) is 6.10 Å². The number of anilines is 1. The Morgan fingerprint density at radius 3 is 2.48 bits per heavy atom. The van der Waals surface area contributed by atoms with Crippen LogP contribution in [0.4, 0.5) is 10.5 Å². The maximum absolute atomic E-state index is 12.5. The number of carbonyl (C=O) groups excluding carboxylic acids is 2. The standard InChI is InChI=1S/C21H25N3O3/c1-15(19-9-5-6-14-22-19)24(2)21(26)23-17-12-10-16(11-13-17)20(25)27-18-7-3-4-8-18/h5-6,9-15,18H,3-4,7-8H2,1-2H3,(H,23,26)/t15-/m1/s1. The van der Waals surface area contributed by atoms with Crippen molar-refractivity contribution in [2.75, 3.05) is 12.4 Å². The van der Waals surface area contributed by atoms with Crippen LogP contribution in [0.25, 0.3) is 0 Å². The summed E-state index contributed by atoms with van der Waals surface area (Å²) < 4.78 is 5.50. The molecule has 0 aliphatic heterocycles. The Morgan fingerprint density at radius 2 is 1.85 bits per heavy atom. The van der Waals surface area contributed by atoms with E-state index in [0.717, 1.165) is 31.4 Å². The molecule has 1 fully saturated rings. The Balaban J connectivity index is 1.57. The number of ether oxygens (including phenoxy) is 1. The molecule has 27 heavy (non-hydrogen) atoms. The average molecular weight is 367 g/mol. The molecule has 1 atom stereocenters. The molecule has 1 aromatic heterocycles. The van der Waals surface area contributed by atoms with E-state index in [9.17, 15) is 9.59 Å². The lowest BCUT2D eigenvalue weighted by atomic mass is 10.2. The fourth-order valence-corrected chi connectivity index (χ4v) is 3.12. The first-order chi connectivity index (χ1) is 13.0. The van der Waals surface area contributed by atoms with Gasteiger partial charge in [0, 0.05) is 18.9 Å². The zero-order chi connectivity index (χ0) is 19.2. The lowest BCUT2D eigenvalue weighted by molar-refractivity contribution is 0.0318. The highest BCUT2D eigenvalue weighted by molar-refractivity contribution is 5.92. The predicted octanol–water partition coefficient (Wildman–Crippen LogP) is 4.41. The molecule has 2 amide bonds. The molecule has 2 aromatic rings. The second-order valence-corrected chi connectivity index (χ2v) is 6.86. The summed E-state index contributed by atoms with van der Waals surface area (Å²) in [5.74, 6) is -0.305. The van der Waals surface area contributed by atoms with Crippen molar-refractivity contribution in [3.8, 4) is 0 Å². The molecule has 0 spiro atoms. The highest BCUT2D eigenvalue weighted by Crippen LogP contribution is 2.23. The second kappa shape index (κ2) is 8.66. The lowest BCUT2D eigenvalue weighted by Crippen LogP contribution is -2.33. The summed E-state index contributed by atoms with van der Waals surface area (Å²) in [6.45, 7) is 1.92. The minimum Gasteiger partial charge on any atom is -0.459 e. The highest BCUT2D eigenvalue weighted by atomic mass is 16.5. The molecule has 1 saturated carbocycles. The smallest absolute Gasteiger partial charge is 0.338 e. The summed E-state index contributed by atoms with van der Waals surface area (Å²) in [6.07, 6.45) is 5.88. The average Bonchev–Trinajstić information content (AvgIpc) is 3.21. The third-order valence-corrected chi connectivity index (χ3v) is 4.96. The van der Waals surface area contributed by atoms with E-state index in [1.54, 1.807) is 42.4 Å². The number of amides is 2. The number of urea groups is 1. The number of rotatable bonds is 5. The molecule has 0 saturated heterocycles. The molecule has 0 unspecified atom stereocenters. The molecule has 3 rings (SSSR count). The SMILES string of the molecule is C[C@H](c1ccccn1)N(C)C(=O)Nc1ccc(C(=O)OC2CCCC2)cc1. The van der Waals surface area contributed by atoms with Gasteiger partial charge in [0.15, 0.2) is 0 Å². The molecule has 1 N–H and O–H groups in total. The quantitative estimate of drug-likeness (QED) is 0.795. The largest absolute Gasteiger partial charge is 0.459 e. The number of esters is 1. The fraction of sp³-hybridized carbons (Fsp3) is 0.381. The van der Waals surface area contributed by atoms with Gasteiger partial charge in [0.05, 0.1) is 17.3 Å². The first kappa shape index (κ1) is 18.9. The zero-order valence-corrected chi connectivity index (χ0v) is 15.7. The number of hydrogen-bond acceptors (Lipinski definition) is 4. The van der Waals surface area contributed by atoms with Gasteiger partial charge in [-0.3, -0.25) is 4.98 Å². The molecule has 6 heteroatoms. The Bertz CT molecular complexity index is 771. The molecule has 0 radical (unpaired) electrons. The van der Waals surface area contributed by atoms with E-state index >= 15 is 0 Å². The number of pyridine rings is 1. The van der Waals surface area contributed by atoms with Crippen LogP contribution in [0, 0.1) is 0 Å².